The number of aliphatic hydroxyl groups is 1. The normalized spacial score (nSPS) is 12.9. The highest BCUT2D eigenvalue weighted by Gasteiger charge is 2.14. The van der Waals surface area contributed by atoms with Crippen LogP contribution in [0, 0.1) is 6.92 Å². The molecule has 0 aliphatic heterocycles. The molecule has 0 saturated carbocycles. The lowest BCUT2D eigenvalue weighted by Gasteiger charge is -2.08. The molecule has 1 atom stereocenters. The number of halogens is 1. The molecule has 1 aromatic rings. The van der Waals surface area contributed by atoms with Gasteiger partial charge in [-0.05, 0) is 37.6 Å². The summed E-state index contributed by atoms with van der Waals surface area (Å²) >= 11 is 7.57. The highest BCUT2D eigenvalue weighted by atomic mass is 35.5. The summed E-state index contributed by atoms with van der Waals surface area (Å²) in [6, 6.07) is 0. The molecule has 0 aliphatic carbocycles. The van der Waals surface area contributed by atoms with Gasteiger partial charge in [0.25, 0.3) is 0 Å². The van der Waals surface area contributed by atoms with E-state index in [9.17, 15) is 5.11 Å². The van der Waals surface area contributed by atoms with Gasteiger partial charge in [0.05, 0.1) is 16.0 Å². The largest absolute Gasteiger partial charge is 0.388 e. The van der Waals surface area contributed by atoms with E-state index >= 15 is 0 Å². The van der Waals surface area contributed by atoms with Crippen LogP contribution in [0.4, 0.5) is 0 Å². The smallest absolute Gasteiger partial charge is 0.0900 e. The zero-order chi connectivity index (χ0) is 10.7. The standard InChI is InChI=1S/C11H15ClOS/c1-7(2)4-5-9(13)11-10(12)8(3)6-14-11/h6,9,13H,1,4-5H2,2-3H3. The van der Waals surface area contributed by atoms with Gasteiger partial charge < -0.3 is 5.11 Å². The lowest BCUT2D eigenvalue weighted by Crippen LogP contribution is -1.95. The molecule has 1 N–H and O–H groups in total. The van der Waals surface area contributed by atoms with Crippen LogP contribution in [0.15, 0.2) is 17.5 Å². The third-order valence-electron chi connectivity index (χ3n) is 2.07. The number of allylic oxidation sites excluding steroid dienone is 1. The Morgan fingerprint density at radius 1 is 1.71 bits per heavy atom. The van der Waals surface area contributed by atoms with Gasteiger partial charge in [0.1, 0.15) is 0 Å². The van der Waals surface area contributed by atoms with E-state index in [0.29, 0.717) is 11.4 Å². The first-order valence-corrected chi connectivity index (χ1v) is 5.84. The molecule has 0 bridgehead atoms. The minimum absolute atomic E-state index is 0.446. The molecule has 1 heterocycles. The lowest BCUT2D eigenvalue weighted by atomic mass is 10.1. The van der Waals surface area contributed by atoms with Crippen molar-refractivity contribution in [2.24, 2.45) is 0 Å². The van der Waals surface area contributed by atoms with Crippen molar-refractivity contribution >= 4 is 22.9 Å². The van der Waals surface area contributed by atoms with E-state index in [1.54, 1.807) is 0 Å². The van der Waals surface area contributed by atoms with Crippen molar-refractivity contribution in [3.63, 3.8) is 0 Å². The van der Waals surface area contributed by atoms with Crippen LogP contribution in [0.3, 0.4) is 0 Å². The van der Waals surface area contributed by atoms with Crippen LogP contribution < -0.4 is 0 Å². The van der Waals surface area contributed by atoms with Crippen molar-refractivity contribution in [2.75, 3.05) is 0 Å². The summed E-state index contributed by atoms with van der Waals surface area (Å²) in [5.41, 5.74) is 2.13. The van der Waals surface area contributed by atoms with Crippen LogP contribution in [-0.4, -0.2) is 5.11 Å². The molecule has 78 valence electrons. The fourth-order valence-corrected chi connectivity index (χ4v) is 2.53. The quantitative estimate of drug-likeness (QED) is 0.773. The molecule has 0 radical (unpaired) electrons. The average molecular weight is 231 g/mol. The van der Waals surface area contributed by atoms with Gasteiger partial charge in [-0.1, -0.05) is 17.2 Å². The monoisotopic (exact) mass is 230 g/mol. The summed E-state index contributed by atoms with van der Waals surface area (Å²) in [7, 11) is 0. The van der Waals surface area contributed by atoms with E-state index in [2.05, 4.69) is 6.58 Å². The molecule has 1 rings (SSSR count). The third kappa shape index (κ3) is 2.84. The summed E-state index contributed by atoms with van der Waals surface area (Å²) in [4.78, 5) is 0.880. The van der Waals surface area contributed by atoms with Crippen molar-refractivity contribution in [1.82, 2.24) is 0 Å². The summed E-state index contributed by atoms with van der Waals surface area (Å²) in [6.45, 7) is 7.73. The maximum Gasteiger partial charge on any atom is 0.0900 e. The maximum atomic E-state index is 9.85. The Morgan fingerprint density at radius 3 is 2.79 bits per heavy atom. The highest BCUT2D eigenvalue weighted by molar-refractivity contribution is 7.10. The minimum atomic E-state index is -0.446. The first-order valence-electron chi connectivity index (χ1n) is 4.58. The number of hydrogen-bond acceptors (Lipinski definition) is 2. The molecule has 1 aromatic heterocycles. The predicted molar refractivity (Wildman–Crippen MR) is 63.1 cm³/mol. The first-order chi connectivity index (χ1) is 6.52. The number of rotatable bonds is 4. The average Bonchev–Trinajstić information content (AvgIpc) is 2.44. The van der Waals surface area contributed by atoms with Crippen molar-refractivity contribution in [1.29, 1.82) is 0 Å². The zero-order valence-electron chi connectivity index (χ0n) is 8.51. The Hall–Kier alpha value is -0.310. The van der Waals surface area contributed by atoms with E-state index in [1.165, 1.54) is 11.3 Å². The number of aliphatic hydroxyl groups excluding tert-OH is 1. The fourth-order valence-electron chi connectivity index (χ4n) is 1.19. The van der Waals surface area contributed by atoms with Gasteiger partial charge in [-0.3, -0.25) is 0 Å². The molecule has 0 aliphatic rings. The second-order valence-electron chi connectivity index (χ2n) is 3.61. The van der Waals surface area contributed by atoms with Crippen molar-refractivity contribution < 1.29 is 5.11 Å². The summed E-state index contributed by atoms with van der Waals surface area (Å²) in [5.74, 6) is 0. The maximum absolute atomic E-state index is 9.85. The third-order valence-corrected chi connectivity index (χ3v) is 3.89. The van der Waals surface area contributed by atoms with Crippen LogP contribution in [0.2, 0.25) is 5.02 Å². The van der Waals surface area contributed by atoms with Gasteiger partial charge >= 0.3 is 0 Å². The molecule has 0 aromatic carbocycles. The summed E-state index contributed by atoms with van der Waals surface area (Å²) < 4.78 is 0. The second-order valence-corrected chi connectivity index (χ2v) is 4.90. The van der Waals surface area contributed by atoms with Gasteiger partial charge in [-0.25, -0.2) is 0 Å². The molecule has 0 fully saturated rings. The Morgan fingerprint density at radius 2 is 2.36 bits per heavy atom. The van der Waals surface area contributed by atoms with Crippen LogP contribution in [0.5, 0.6) is 0 Å². The molecular weight excluding hydrogens is 216 g/mol. The Bertz CT molecular complexity index is 330. The molecule has 0 spiro atoms. The zero-order valence-corrected chi connectivity index (χ0v) is 10.1. The number of hydrogen-bond donors (Lipinski definition) is 1. The summed E-state index contributed by atoms with van der Waals surface area (Å²) in [6.07, 6.45) is 1.10. The SMILES string of the molecule is C=C(C)CCC(O)c1scc(C)c1Cl. The molecule has 0 saturated heterocycles. The molecule has 1 nitrogen and oxygen atoms in total. The van der Waals surface area contributed by atoms with Crippen LogP contribution in [0.25, 0.3) is 0 Å². The molecule has 0 amide bonds. The second kappa shape index (κ2) is 4.96. The number of thiophene rings is 1. The highest BCUT2D eigenvalue weighted by Crippen LogP contribution is 2.34. The van der Waals surface area contributed by atoms with E-state index in [0.717, 1.165) is 22.4 Å². The topological polar surface area (TPSA) is 20.2 Å². The predicted octanol–water partition coefficient (Wildman–Crippen LogP) is 4.10. The van der Waals surface area contributed by atoms with Gasteiger partial charge in [0.2, 0.25) is 0 Å². The number of aryl methyl sites for hydroxylation is 1. The van der Waals surface area contributed by atoms with Crippen LogP contribution in [0.1, 0.15) is 36.3 Å². The van der Waals surface area contributed by atoms with Crippen molar-refractivity contribution in [3.8, 4) is 0 Å². The fraction of sp³-hybridized carbons (Fsp3) is 0.455. The summed E-state index contributed by atoms with van der Waals surface area (Å²) in [5, 5.41) is 12.5. The minimum Gasteiger partial charge on any atom is -0.388 e. The lowest BCUT2D eigenvalue weighted by molar-refractivity contribution is 0.171. The van der Waals surface area contributed by atoms with Gasteiger partial charge in [-0.2, -0.15) is 0 Å². The molecule has 14 heavy (non-hydrogen) atoms. The molecular formula is C11H15ClOS. The Labute approximate surface area is 94.0 Å². The van der Waals surface area contributed by atoms with E-state index in [1.807, 2.05) is 19.2 Å². The van der Waals surface area contributed by atoms with Gasteiger partial charge in [0, 0.05) is 0 Å². The Balaban J connectivity index is 2.65. The van der Waals surface area contributed by atoms with Gasteiger partial charge in [-0.15, -0.1) is 17.9 Å². The van der Waals surface area contributed by atoms with E-state index in [-0.39, 0.29) is 0 Å². The van der Waals surface area contributed by atoms with Crippen LogP contribution in [-0.2, 0) is 0 Å². The van der Waals surface area contributed by atoms with Gasteiger partial charge in [0.15, 0.2) is 0 Å². The van der Waals surface area contributed by atoms with Crippen molar-refractivity contribution in [3.05, 3.63) is 33.0 Å². The van der Waals surface area contributed by atoms with Crippen LogP contribution >= 0.6 is 22.9 Å². The molecule has 1 unspecified atom stereocenters. The van der Waals surface area contributed by atoms with Crippen molar-refractivity contribution in [2.45, 2.75) is 32.8 Å². The Kier molecular flexibility index (Phi) is 4.17. The van der Waals surface area contributed by atoms with E-state index < -0.39 is 6.10 Å². The first kappa shape index (κ1) is 11.8. The molecule has 3 heteroatoms. The van der Waals surface area contributed by atoms with E-state index in [4.69, 9.17) is 11.6 Å².